The molecule has 0 aromatic heterocycles. The molecule has 0 bridgehead atoms. The topological polar surface area (TPSA) is 46.9 Å². The van der Waals surface area contributed by atoms with Gasteiger partial charge in [-0.05, 0) is 51.8 Å². The van der Waals surface area contributed by atoms with E-state index in [1.807, 2.05) is 0 Å². The van der Waals surface area contributed by atoms with Gasteiger partial charge in [-0.15, -0.1) is 0 Å². The van der Waals surface area contributed by atoms with Crippen LogP contribution in [-0.4, -0.2) is 59.5 Å². The van der Waals surface area contributed by atoms with Gasteiger partial charge in [0.25, 0.3) is 0 Å². The van der Waals surface area contributed by atoms with E-state index in [2.05, 4.69) is 48.0 Å². The van der Waals surface area contributed by atoms with Crippen molar-refractivity contribution in [2.24, 2.45) is 0 Å². The fraction of sp³-hybridized carbons (Fsp3) is 0.700. The molecule has 0 radical (unpaired) electrons. The van der Waals surface area contributed by atoms with Gasteiger partial charge in [0.05, 0.1) is 11.7 Å². The average molecular weight is 332 g/mol. The van der Waals surface area contributed by atoms with Crippen LogP contribution in [0.2, 0.25) is 0 Å². The standard InChI is InChI=1S/C20H32N2O2/c1-16-7-9-17(10-8-16)22-13-11-20(24,12-14-22)15-21(2)18-5-3-4-6-19(18)23/h7-10,18-19,23-24H,3-6,11-15H2,1-2H3/t18-,19-/m0/s1. The average Bonchev–Trinajstić information content (AvgIpc) is 2.56. The summed E-state index contributed by atoms with van der Waals surface area (Å²) >= 11 is 0. The summed E-state index contributed by atoms with van der Waals surface area (Å²) in [5.74, 6) is 0. The van der Waals surface area contributed by atoms with E-state index in [1.54, 1.807) is 0 Å². The molecule has 2 N–H and O–H groups in total. The van der Waals surface area contributed by atoms with Crippen LogP contribution in [0.3, 0.4) is 0 Å². The predicted octanol–water partition coefficient (Wildman–Crippen LogP) is 2.56. The molecule has 1 saturated carbocycles. The summed E-state index contributed by atoms with van der Waals surface area (Å²) in [5, 5.41) is 21.3. The number of anilines is 1. The van der Waals surface area contributed by atoms with Crippen LogP contribution in [0.4, 0.5) is 5.69 Å². The molecule has 1 aromatic rings. The van der Waals surface area contributed by atoms with Crippen LogP contribution < -0.4 is 4.90 Å². The van der Waals surface area contributed by atoms with Gasteiger partial charge < -0.3 is 15.1 Å². The van der Waals surface area contributed by atoms with Gasteiger partial charge in [0.2, 0.25) is 0 Å². The second kappa shape index (κ2) is 7.42. The van der Waals surface area contributed by atoms with E-state index in [0.29, 0.717) is 6.54 Å². The smallest absolute Gasteiger partial charge is 0.0807 e. The fourth-order valence-corrected chi connectivity index (χ4v) is 4.28. The number of likely N-dealkylation sites (N-methyl/N-ethyl adjacent to an activating group) is 1. The lowest BCUT2D eigenvalue weighted by atomic mass is 9.87. The summed E-state index contributed by atoms with van der Waals surface area (Å²) in [7, 11) is 2.06. The Bertz CT molecular complexity index is 523. The van der Waals surface area contributed by atoms with Gasteiger partial charge >= 0.3 is 0 Å². The number of hydrogen-bond acceptors (Lipinski definition) is 4. The SMILES string of the molecule is Cc1ccc(N2CCC(O)(CN(C)[C@H]3CCCC[C@@H]3O)CC2)cc1. The van der Waals surface area contributed by atoms with Gasteiger partial charge in [0.1, 0.15) is 0 Å². The van der Waals surface area contributed by atoms with Crippen molar-refractivity contribution in [3.05, 3.63) is 29.8 Å². The van der Waals surface area contributed by atoms with Crippen molar-refractivity contribution in [3.8, 4) is 0 Å². The first-order valence-corrected chi connectivity index (χ1v) is 9.39. The Balaban J connectivity index is 1.55. The van der Waals surface area contributed by atoms with E-state index in [4.69, 9.17) is 0 Å². The summed E-state index contributed by atoms with van der Waals surface area (Å²) in [4.78, 5) is 4.56. The molecule has 134 valence electrons. The van der Waals surface area contributed by atoms with Crippen LogP contribution >= 0.6 is 0 Å². The third-order valence-electron chi connectivity index (χ3n) is 5.90. The zero-order valence-electron chi connectivity index (χ0n) is 15.1. The highest BCUT2D eigenvalue weighted by Gasteiger charge is 2.36. The normalized spacial score (nSPS) is 27.5. The lowest BCUT2D eigenvalue weighted by Gasteiger charge is -2.44. The molecule has 4 heteroatoms. The van der Waals surface area contributed by atoms with Crippen molar-refractivity contribution in [3.63, 3.8) is 0 Å². The van der Waals surface area contributed by atoms with Crippen LogP contribution in [0.5, 0.6) is 0 Å². The van der Waals surface area contributed by atoms with Gasteiger partial charge in [0.15, 0.2) is 0 Å². The number of aryl methyl sites for hydroxylation is 1. The highest BCUT2D eigenvalue weighted by Crippen LogP contribution is 2.29. The van der Waals surface area contributed by atoms with Crippen LogP contribution in [0.25, 0.3) is 0 Å². The molecule has 4 nitrogen and oxygen atoms in total. The maximum absolute atomic E-state index is 11.0. The molecule has 3 rings (SSSR count). The molecule has 24 heavy (non-hydrogen) atoms. The van der Waals surface area contributed by atoms with E-state index >= 15 is 0 Å². The van der Waals surface area contributed by atoms with E-state index in [1.165, 1.54) is 17.7 Å². The number of piperidine rings is 1. The molecule has 2 aliphatic rings. The molecule has 0 amide bonds. The second-order valence-electron chi connectivity index (χ2n) is 7.88. The van der Waals surface area contributed by atoms with Crippen molar-refractivity contribution in [2.75, 3.05) is 31.6 Å². The molecule has 0 spiro atoms. The second-order valence-corrected chi connectivity index (χ2v) is 7.88. The molecule has 1 saturated heterocycles. The number of benzene rings is 1. The zero-order valence-corrected chi connectivity index (χ0v) is 15.1. The van der Waals surface area contributed by atoms with Crippen LogP contribution in [0, 0.1) is 6.92 Å². The number of nitrogens with zero attached hydrogens (tertiary/aromatic N) is 2. The lowest BCUT2D eigenvalue weighted by Crippen LogP contribution is -2.54. The summed E-state index contributed by atoms with van der Waals surface area (Å²) in [6.07, 6.45) is 5.59. The van der Waals surface area contributed by atoms with Crippen LogP contribution in [0.15, 0.2) is 24.3 Å². The summed E-state index contributed by atoms with van der Waals surface area (Å²) in [6.45, 7) is 4.55. The zero-order chi connectivity index (χ0) is 17.2. The van der Waals surface area contributed by atoms with Gasteiger partial charge in [-0.3, -0.25) is 4.90 Å². The minimum absolute atomic E-state index is 0.206. The van der Waals surface area contributed by atoms with Gasteiger partial charge in [0, 0.05) is 31.4 Å². The molecule has 1 aromatic carbocycles. The quantitative estimate of drug-likeness (QED) is 0.890. The first-order chi connectivity index (χ1) is 11.5. The minimum atomic E-state index is -0.632. The van der Waals surface area contributed by atoms with E-state index in [-0.39, 0.29) is 12.1 Å². The maximum atomic E-state index is 11.0. The van der Waals surface area contributed by atoms with Crippen molar-refractivity contribution in [1.82, 2.24) is 4.90 Å². The van der Waals surface area contributed by atoms with Crippen molar-refractivity contribution in [1.29, 1.82) is 0 Å². The number of aliphatic hydroxyl groups excluding tert-OH is 1. The van der Waals surface area contributed by atoms with Crippen LogP contribution in [0.1, 0.15) is 44.1 Å². The van der Waals surface area contributed by atoms with Crippen LogP contribution in [-0.2, 0) is 0 Å². The first kappa shape index (κ1) is 17.7. The Labute approximate surface area is 146 Å². The van der Waals surface area contributed by atoms with Crippen molar-refractivity contribution in [2.45, 2.75) is 63.2 Å². The Morgan fingerprint density at radius 3 is 2.38 bits per heavy atom. The highest BCUT2D eigenvalue weighted by molar-refractivity contribution is 5.48. The van der Waals surface area contributed by atoms with Gasteiger partial charge in [-0.2, -0.15) is 0 Å². The molecule has 2 atom stereocenters. The summed E-state index contributed by atoms with van der Waals surface area (Å²) in [5.41, 5.74) is 1.89. The van der Waals surface area contributed by atoms with E-state index in [0.717, 1.165) is 45.2 Å². The number of hydrogen-bond donors (Lipinski definition) is 2. The minimum Gasteiger partial charge on any atom is -0.391 e. The van der Waals surface area contributed by atoms with E-state index in [9.17, 15) is 10.2 Å². The molecule has 0 unspecified atom stereocenters. The lowest BCUT2D eigenvalue weighted by molar-refractivity contribution is -0.0448. The monoisotopic (exact) mass is 332 g/mol. The molecule has 2 fully saturated rings. The molecule has 1 heterocycles. The summed E-state index contributed by atoms with van der Waals surface area (Å²) < 4.78 is 0. The first-order valence-electron chi connectivity index (χ1n) is 9.39. The van der Waals surface area contributed by atoms with E-state index < -0.39 is 5.60 Å². The molecular formula is C20H32N2O2. The van der Waals surface area contributed by atoms with Gasteiger partial charge in [-0.1, -0.05) is 30.5 Å². The fourth-order valence-electron chi connectivity index (χ4n) is 4.28. The Hall–Kier alpha value is -1.10. The number of aliphatic hydroxyl groups is 2. The number of rotatable bonds is 4. The third kappa shape index (κ3) is 4.11. The Morgan fingerprint density at radius 1 is 1.12 bits per heavy atom. The van der Waals surface area contributed by atoms with Crippen molar-refractivity contribution >= 4 is 5.69 Å². The maximum Gasteiger partial charge on any atom is 0.0807 e. The molecular weight excluding hydrogens is 300 g/mol. The van der Waals surface area contributed by atoms with Crippen molar-refractivity contribution < 1.29 is 10.2 Å². The highest BCUT2D eigenvalue weighted by atomic mass is 16.3. The third-order valence-corrected chi connectivity index (χ3v) is 5.90. The largest absolute Gasteiger partial charge is 0.391 e. The molecule has 1 aliphatic carbocycles. The Morgan fingerprint density at radius 2 is 1.75 bits per heavy atom. The summed E-state index contributed by atoms with van der Waals surface area (Å²) in [6, 6.07) is 8.84. The predicted molar refractivity (Wildman–Crippen MR) is 98.5 cm³/mol. The Kier molecular flexibility index (Phi) is 5.48. The molecule has 1 aliphatic heterocycles. The van der Waals surface area contributed by atoms with Gasteiger partial charge in [-0.25, -0.2) is 0 Å².